The lowest BCUT2D eigenvalue weighted by Gasteiger charge is -2.35. The zero-order valence-electron chi connectivity index (χ0n) is 8.73. The quantitative estimate of drug-likeness (QED) is 0.596. The van der Waals surface area contributed by atoms with E-state index in [1.54, 1.807) is 6.92 Å². The molecular weight excluding hydrogens is 199 g/mol. The summed E-state index contributed by atoms with van der Waals surface area (Å²) in [4.78, 5) is 0. The standard InChI is InChI=1S/C9H15BO3S/c1-4-9-5(2)7(8(10)13-9)14(11,12)6(9)3/h5-8H,4H2,1-3H3/t5?,6-,7-,8+,9+/m0/s1. The molecule has 0 N–H and O–H groups in total. The minimum Gasteiger partial charge on any atom is -0.379 e. The van der Waals surface area contributed by atoms with E-state index in [4.69, 9.17) is 12.6 Å². The number of hydrogen-bond acceptors (Lipinski definition) is 3. The summed E-state index contributed by atoms with van der Waals surface area (Å²) in [6.07, 6.45) is 0.707. The first-order valence-corrected chi connectivity index (χ1v) is 6.65. The Hall–Kier alpha value is -0.0251. The molecule has 5 atom stereocenters. The SMILES string of the molecule is [B][C@@H]1O[C@]2(CC)C(C)[C@@H]1S(=O)(=O)[C@H]2C. The number of rotatable bonds is 1. The first-order chi connectivity index (χ1) is 6.38. The lowest BCUT2D eigenvalue weighted by atomic mass is 9.82. The van der Waals surface area contributed by atoms with Crippen molar-refractivity contribution in [2.24, 2.45) is 5.92 Å². The molecule has 78 valence electrons. The van der Waals surface area contributed by atoms with Gasteiger partial charge in [0, 0.05) is 11.9 Å². The van der Waals surface area contributed by atoms with Crippen LogP contribution in [0.5, 0.6) is 0 Å². The Morgan fingerprint density at radius 2 is 2.00 bits per heavy atom. The maximum atomic E-state index is 12.0. The van der Waals surface area contributed by atoms with Crippen LogP contribution in [0.2, 0.25) is 0 Å². The lowest BCUT2D eigenvalue weighted by Crippen LogP contribution is -2.47. The van der Waals surface area contributed by atoms with Crippen molar-refractivity contribution in [2.45, 2.75) is 49.3 Å². The van der Waals surface area contributed by atoms with Gasteiger partial charge < -0.3 is 4.74 Å². The molecule has 2 aliphatic rings. The zero-order valence-corrected chi connectivity index (χ0v) is 9.54. The van der Waals surface area contributed by atoms with Gasteiger partial charge in [0.1, 0.15) is 7.85 Å². The van der Waals surface area contributed by atoms with Gasteiger partial charge in [-0.25, -0.2) is 8.42 Å². The first-order valence-electron chi connectivity index (χ1n) is 5.04. The molecule has 2 fully saturated rings. The van der Waals surface area contributed by atoms with Gasteiger partial charge in [0.25, 0.3) is 0 Å². The second-order valence-electron chi connectivity index (χ2n) is 4.38. The van der Waals surface area contributed by atoms with Gasteiger partial charge in [-0.2, -0.15) is 0 Å². The smallest absolute Gasteiger partial charge is 0.160 e. The van der Waals surface area contributed by atoms with Crippen molar-refractivity contribution in [1.29, 1.82) is 0 Å². The summed E-state index contributed by atoms with van der Waals surface area (Å²) in [5.41, 5.74) is -0.539. The van der Waals surface area contributed by atoms with Crippen LogP contribution < -0.4 is 0 Å². The Morgan fingerprint density at radius 3 is 2.36 bits per heavy atom. The molecule has 3 nitrogen and oxygen atoms in total. The van der Waals surface area contributed by atoms with Crippen LogP contribution in [0.25, 0.3) is 0 Å². The molecule has 2 rings (SSSR count). The van der Waals surface area contributed by atoms with Crippen LogP contribution in [-0.4, -0.2) is 38.4 Å². The van der Waals surface area contributed by atoms with Gasteiger partial charge in [0.05, 0.1) is 16.1 Å². The molecule has 5 heteroatoms. The third-order valence-electron chi connectivity index (χ3n) is 4.06. The van der Waals surface area contributed by atoms with Crippen molar-refractivity contribution in [2.75, 3.05) is 0 Å². The fourth-order valence-corrected chi connectivity index (χ4v) is 5.83. The van der Waals surface area contributed by atoms with Crippen molar-refractivity contribution >= 4 is 17.7 Å². The van der Waals surface area contributed by atoms with Gasteiger partial charge in [0.15, 0.2) is 9.84 Å². The van der Waals surface area contributed by atoms with E-state index < -0.39 is 31.9 Å². The molecule has 2 bridgehead atoms. The molecular formula is C9H15BO3S. The molecule has 14 heavy (non-hydrogen) atoms. The molecule has 0 aromatic rings. The molecule has 0 amide bonds. The number of hydrogen-bond donors (Lipinski definition) is 0. The summed E-state index contributed by atoms with van der Waals surface area (Å²) in [5.74, 6) is 0.0162. The minimum absolute atomic E-state index is 0.0162. The topological polar surface area (TPSA) is 43.4 Å². The summed E-state index contributed by atoms with van der Waals surface area (Å²) < 4.78 is 29.6. The largest absolute Gasteiger partial charge is 0.379 e. The van der Waals surface area contributed by atoms with Gasteiger partial charge in [-0.05, 0) is 13.3 Å². The van der Waals surface area contributed by atoms with Gasteiger partial charge >= 0.3 is 0 Å². The van der Waals surface area contributed by atoms with Crippen LogP contribution in [0.1, 0.15) is 27.2 Å². The summed E-state index contributed by atoms with van der Waals surface area (Å²) in [6, 6.07) is -0.633. The monoisotopic (exact) mass is 214 g/mol. The predicted octanol–water partition coefficient (Wildman–Crippen LogP) is 0.482. The van der Waals surface area contributed by atoms with E-state index in [-0.39, 0.29) is 5.92 Å². The Kier molecular flexibility index (Phi) is 2.07. The average molecular weight is 214 g/mol. The first kappa shape index (κ1) is 10.5. The third kappa shape index (κ3) is 0.903. The number of sulfone groups is 1. The molecule has 1 unspecified atom stereocenters. The molecule has 0 spiro atoms. The van der Waals surface area contributed by atoms with E-state index in [1.807, 2.05) is 13.8 Å². The van der Waals surface area contributed by atoms with Crippen molar-refractivity contribution < 1.29 is 13.2 Å². The highest BCUT2D eigenvalue weighted by Gasteiger charge is 2.67. The number of ether oxygens (including phenoxy) is 1. The Morgan fingerprint density at radius 1 is 1.43 bits per heavy atom. The molecule has 0 aliphatic carbocycles. The van der Waals surface area contributed by atoms with Gasteiger partial charge in [-0.1, -0.05) is 13.8 Å². The van der Waals surface area contributed by atoms with Crippen LogP contribution in [0.3, 0.4) is 0 Å². The average Bonchev–Trinajstić information content (AvgIpc) is 2.43. The van der Waals surface area contributed by atoms with Gasteiger partial charge in [-0.3, -0.25) is 0 Å². The Bertz CT molecular complexity index is 353. The summed E-state index contributed by atoms with van der Waals surface area (Å²) in [6.45, 7) is 5.63. The maximum Gasteiger partial charge on any atom is 0.160 e. The van der Waals surface area contributed by atoms with E-state index >= 15 is 0 Å². The summed E-state index contributed by atoms with van der Waals surface area (Å²) in [7, 11) is 2.62. The van der Waals surface area contributed by atoms with E-state index in [0.717, 1.165) is 0 Å². The van der Waals surface area contributed by atoms with Crippen molar-refractivity contribution in [1.82, 2.24) is 0 Å². The normalized spacial score (nSPS) is 55.1. The van der Waals surface area contributed by atoms with Crippen molar-refractivity contribution in [3.05, 3.63) is 0 Å². The second-order valence-corrected chi connectivity index (χ2v) is 6.81. The van der Waals surface area contributed by atoms with E-state index in [9.17, 15) is 8.42 Å². The van der Waals surface area contributed by atoms with Crippen molar-refractivity contribution in [3.63, 3.8) is 0 Å². The van der Waals surface area contributed by atoms with Crippen LogP contribution in [0, 0.1) is 5.92 Å². The fourth-order valence-electron chi connectivity index (χ4n) is 3.13. The summed E-state index contributed by atoms with van der Waals surface area (Å²) in [5, 5.41) is -0.919. The molecule has 2 heterocycles. The highest BCUT2D eigenvalue weighted by molar-refractivity contribution is 7.93. The van der Waals surface area contributed by atoms with E-state index in [1.165, 1.54) is 0 Å². The van der Waals surface area contributed by atoms with Gasteiger partial charge in [0.2, 0.25) is 0 Å². The van der Waals surface area contributed by atoms with Crippen LogP contribution in [0.4, 0.5) is 0 Å². The van der Waals surface area contributed by atoms with Crippen molar-refractivity contribution in [3.8, 4) is 0 Å². The van der Waals surface area contributed by atoms with Crippen LogP contribution >= 0.6 is 0 Å². The van der Waals surface area contributed by atoms with E-state index in [0.29, 0.717) is 6.42 Å². The van der Waals surface area contributed by atoms with E-state index in [2.05, 4.69) is 0 Å². The maximum absolute atomic E-state index is 12.0. The molecule has 2 saturated heterocycles. The molecule has 2 aliphatic heterocycles. The Labute approximate surface area is 86.5 Å². The molecule has 0 saturated carbocycles. The van der Waals surface area contributed by atoms with Crippen LogP contribution in [0.15, 0.2) is 0 Å². The lowest BCUT2D eigenvalue weighted by molar-refractivity contribution is -0.0353. The second kappa shape index (κ2) is 2.76. The minimum atomic E-state index is -3.09. The molecule has 0 aromatic carbocycles. The third-order valence-corrected chi connectivity index (χ3v) is 6.88. The summed E-state index contributed by atoms with van der Waals surface area (Å²) >= 11 is 0. The zero-order chi connectivity index (χ0) is 10.7. The fraction of sp³-hybridized carbons (Fsp3) is 1.00. The van der Waals surface area contributed by atoms with Gasteiger partial charge in [-0.15, -0.1) is 0 Å². The molecule has 0 aromatic heterocycles. The molecule has 2 radical (unpaired) electrons. The highest BCUT2D eigenvalue weighted by atomic mass is 32.2. The Balaban J connectivity index is 2.56. The predicted molar refractivity (Wildman–Crippen MR) is 55.0 cm³/mol. The van der Waals surface area contributed by atoms with Crippen LogP contribution in [-0.2, 0) is 14.6 Å². The highest BCUT2D eigenvalue weighted by Crippen LogP contribution is 2.52. The number of fused-ring (bicyclic) bond motifs is 2.